The van der Waals surface area contributed by atoms with Crippen LogP contribution in [0.2, 0.25) is 19.6 Å². The molecular weight excluding hydrogens is 460 g/mol. The van der Waals surface area contributed by atoms with Crippen LogP contribution in [-0.4, -0.2) is 29.3 Å². The van der Waals surface area contributed by atoms with Gasteiger partial charge in [0.2, 0.25) is 0 Å². The minimum absolute atomic E-state index is 0.0159. The number of ether oxygens (including phenoxy) is 1. The molecule has 2 aromatic rings. The van der Waals surface area contributed by atoms with Crippen molar-refractivity contribution in [2.45, 2.75) is 52.7 Å². The predicted molar refractivity (Wildman–Crippen MR) is 118 cm³/mol. The lowest BCUT2D eigenvalue weighted by Crippen LogP contribution is -2.43. The van der Waals surface area contributed by atoms with Gasteiger partial charge >= 0.3 is 17.8 Å². The highest BCUT2D eigenvalue weighted by molar-refractivity contribution is 6.83. The molecule has 0 saturated heterocycles. The van der Waals surface area contributed by atoms with E-state index in [4.69, 9.17) is 4.74 Å². The zero-order valence-corrected chi connectivity index (χ0v) is 20.3. The number of carbonyl (C=O) groups is 1. The Bertz CT molecular complexity index is 1250. The van der Waals surface area contributed by atoms with E-state index in [1.807, 2.05) is 19.6 Å². The Kier molecular flexibility index (Phi) is 7.14. The Morgan fingerprint density at radius 3 is 2.21 bits per heavy atom. The highest BCUT2D eigenvalue weighted by Crippen LogP contribution is 2.29. The first kappa shape index (κ1) is 26.1. The smallest absolute Gasteiger partial charge is 0.432 e. The van der Waals surface area contributed by atoms with E-state index in [1.54, 1.807) is 13.8 Å². The first-order valence-electron chi connectivity index (χ1n) is 9.93. The van der Waals surface area contributed by atoms with Crippen molar-refractivity contribution in [1.29, 1.82) is 0 Å². The number of alkyl halides is 3. The van der Waals surface area contributed by atoms with Crippen LogP contribution in [0.15, 0.2) is 21.7 Å². The molecule has 11 heteroatoms. The van der Waals surface area contributed by atoms with E-state index >= 15 is 4.39 Å². The van der Waals surface area contributed by atoms with E-state index in [2.05, 4.69) is 11.5 Å². The Hall–Kier alpha value is -3.13. The molecule has 0 aliphatic carbocycles. The minimum atomic E-state index is -4.97. The molecular formula is C22H24F4N2O4Si. The fourth-order valence-corrected chi connectivity index (χ4v) is 3.52. The van der Waals surface area contributed by atoms with E-state index in [1.165, 1.54) is 0 Å². The molecule has 0 fully saturated rings. The molecule has 0 bridgehead atoms. The number of nitrogens with zero attached hydrogens (tertiary/aromatic N) is 2. The van der Waals surface area contributed by atoms with Crippen molar-refractivity contribution in [3.05, 3.63) is 61.2 Å². The topological polar surface area (TPSA) is 70.3 Å². The molecule has 0 spiro atoms. The van der Waals surface area contributed by atoms with Gasteiger partial charge in [-0.05, 0) is 32.9 Å². The molecule has 0 saturated carbocycles. The van der Waals surface area contributed by atoms with Gasteiger partial charge in [-0.3, -0.25) is 9.36 Å². The molecule has 0 amide bonds. The van der Waals surface area contributed by atoms with E-state index < -0.39 is 60.3 Å². The van der Waals surface area contributed by atoms with Crippen LogP contribution in [0.3, 0.4) is 0 Å². The Balaban J connectivity index is 2.93. The fourth-order valence-electron chi connectivity index (χ4n) is 3.01. The highest BCUT2D eigenvalue weighted by atomic mass is 28.3. The van der Waals surface area contributed by atoms with Crippen LogP contribution in [0.25, 0.3) is 5.69 Å². The van der Waals surface area contributed by atoms with Gasteiger partial charge in [0.15, 0.2) is 0 Å². The summed E-state index contributed by atoms with van der Waals surface area (Å²) in [6.07, 6.45) is -5.51. The summed E-state index contributed by atoms with van der Waals surface area (Å²) in [6.45, 7) is 9.88. The maximum atomic E-state index is 15.1. The first-order valence-corrected chi connectivity index (χ1v) is 13.4. The van der Waals surface area contributed by atoms with Crippen LogP contribution >= 0.6 is 0 Å². The lowest BCUT2D eigenvalue weighted by Gasteiger charge is -2.18. The Morgan fingerprint density at radius 1 is 1.15 bits per heavy atom. The van der Waals surface area contributed by atoms with Crippen molar-refractivity contribution in [2.24, 2.45) is 7.05 Å². The summed E-state index contributed by atoms with van der Waals surface area (Å²) < 4.78 is 60.8. The second kappa shape index (κ2) is 9.01. The number of aromatic nitrogens is 2. The summed E-state index contributed by atoms with van der Waals surface area (Å²) >= 11 is 0. The van der Waals surface area contributed by atoms with Crippen molar-refractivity contribution in [2.75, 3.05) is 0 Å². The van der Waals surface area contributed by atoms with Gasteiger partial charge in [0.25, 0.3) is 5.56 Å². The van der Waals surface area contributed by atoms with Crippen LogP contribution in [0.1, 0.15) is 41.0 Å². The number of hydrogen-bond acceptors (Lipinski definition) is 4. The third-order valence-corrected chi connectivity index (χ3v) is 5.30. The van der Waals surface area contributed by atoms with Gasteiger partial charge in [-0.1, -0.05) is 25.6 Å². The van der Waals surface area contributed by atoms with Gasteiger partial charge in [0.05, 0.1) is 17.4 Å². The third kappa shape index (κ3) is 5.62. The van der Waals surface area contributed by atoms with Crippen LogP contribution < -0.4 is 11.2 Å². The number of carbonyl (C=O) groups excluding carboxylic acids is 1. The molecule has 0 N–H and O–H groups in total. The molecule has 33 heavy (non-hydrogen) atoms. The largest absolute Gasteiger partial charge is 0.459 e. The zero-order valence-electron chi connectivity index (χ0n) is 19.3. The number of halogens is 4. The number of rotatable bonds is 3. The Labute approximate surface area is 188 Å². The minimum Gasteiger partial charge on any atom is -0.459 e. The van der Waals surface area contributed by atoms with Crippen molar-refractivity contribution in [3.8, 4) is 17.2 Å². The molecule has 1 heterocycles. The van der Waals surface area contributed by atoms with Crippen LogP contribution in [-0.2, 0) is 18.0 Å². The lowest BCUT2D eigenvalue weighted by molar-refractivity contribution is -0.144. The van der Waals surface area contributed by atoms with Crippen molar-refractivity contribution < 1.29 is 27.1 Å². The summed E-state index contributed by atoms with van der Waals surface area (Å²) in [5.41, 5.74) is -2.91. The summed E-state index contributed by atoms with van der Waals surface area (Å²) in [5, 5.41) is 0. The molecule has 2 rings (SSSR count). The number of benzene rings is 1. The molecule has 0 aliphatic rings. The average molecular weight is 485 g/mol. The van der Waals surface area contributed by atoms with Crippen LogP contribution in [0.5, 0.6) is 0 Å². The second-order valence-electron chi connectivity index (χ2n) is 8.76. The summed E-state index contributed by atoms with van der Waals surface area (Å²) in [4.78, 5) is 38.1. The predicted octanol–water partition coefficient (Wildman–Crippen LogP) is 3.80. The standard InChI is InChI=1S/C22H24F4N2O4Si/c1-12(2)32-20(30)15-11-17(16(23)10-14(15)8-9-33(5,6)7)28-19(29)13(3)18(22(24,25)26)27(4)21(28)31/h10-12H,1-7H3. The molecule has 0 radical (unpaired) electrons. The SMILES string of the molecule is Cc1c(C(F)(F)F)n(C)c(=O)n(-c2cc(C(=O)OC(C)C)c(C#C[Si](C)(C)C)cc2F)c1=O. The zero-order chi connectivity index (χ0) is 25.5. The van der Waals surface area contributed by atoms with E-state index in [-0.39, 0.29) is 20.3 Å². The van der Waals surface area contributed by atoms with Gasteiger partial charge < -0.3 is 4.74 Å². The van der Waals surface area contributed by atoms with Crippen molar-refractivity contribution in [1.82, 2.24) is 9.13 Å². The normalized spacial score (nSPS) is 11.9. The molecule has 1 aromatic heterocycles. The fraction of sp³-hybridized carbons (Fsp3) is 0.409. The van der Waals surface area contributed by atoms with Gasteiger partial charge in [0, 0.05) is 18.2 Å². The quantitative estimate of drug-likeness (QED) is 0.288. The highest BCUT2D eigenvalue weighted by Gasteiger charge is 2.38. The van der Waals surface area contributed by atoms with Crippen LogP contribution in [0, 0.1) is 24.2 Å². The maximum absolute atomic E-state index is 15.1. The maximum Gasteiger partial charge on any atom is 0.432 e. The average Bonchev–Trinajstić information content (AvgIpc) is 2.64. The second-order valence-corrected chi connectivity index (χ2v) is 13.5. The summed E-state index contributed by atoms with van der Waals surface area (Å²) in [7, 11) is -1.11. The molecule has 178 valence electrons. The Morgan fingerprint density at radius 2 is 1.73 bits per heavy atom. The van der Waals surface area contributed by atoms with Crippen molar-refractivity contribution >= 4 is 14.0 Å². The first-order chi connectivity index (χ1) is 15.0. The third-order valence-electron chi connectivity index (χ3n) is 4.42. The summed E-state index contributed by atoms with van der Waals surface area (Å²) in [6, 6.07) is 1.78. The molecule has 0 unspecified atom stereocenters. The van der Waals surface area contributed by atoms with Crippen LogP contribution in [0.4, 0.5) is 17.6 Å². The van der Waals surface area contributed by atoms with Gasteiger partial charge in [0.1, 0.15) is 19.6 Å². The van der Waals surface area contributed by atoms with Gasteiger partial charge in [-0.2, -0.15) is 13.2 Å². The van der Waals surface area contributed by atoms with E-state index in [0.717, 1.165) is 26.1 Å². The van der Waals surface area contributed by atoms with E-state index in [0.29, 0.717) is 0 Å². The molecule has 1 aromatic carbocycles. The molecule has 0 atom stereocenters. The monoisotopic (exact) mass is 484 g/mol. The summed E-state index contributed by atoms with van der Waals surface area (Å²) in [5.74, 6) is 0.781. The number of hydrogen-bond donors (Lipinski definition) is 0. The number of esters is 1. The van der Waals surface area contributed by atoms with E-state index in [9.17, 15) is 27.6 Å². The van der Waals surface area contributed by atoms with Crippen molar-refractivity contribution in [3.63, 3.8) is 0 Å². The molecule has 6 nitrogen and oxygen atoms in total. The van der Waals surface area contributed by atoms with Gasteiger partial charge in [-0.15, -0.1) is 5.54 Å². The molecule has 0 aliphatic heterocycles. The van der Waals surface area contributed by atoms with Gasteiger partial charge in [-0.25, -0.2) is 18.5 Å². The lowest BCUT2D eigenvalue weighted by atomic mass is 10.1.